The first-order valence-corrected chi connectivity index (χ1v) is 8.80. The molecule has 4 heterocycles. The average molecular weight is 410 g/mol. The number of amides is 1. The highest BCUT2D eigenvalue weighted by Gasteiger charge is 2.33. The Bertz CT molecular complexity index is 1110. The lowest BCUT2D eigenvalue weighted by atomic mass is 10.2. The van der Waals surface area contributed by atoms with Crippen LogP contribution < -0.4 is 5.56 Å². The first kappa shape index (κ1) is 19.1. The molecule has 1 amide bonds. The van der Waals surface area contributed by atoms with E-state index >= 15 is 0 Å². The number of carbonyl (C=O) groups is 1. The lowest BCUT2D eigenvalue weighted by molar-refractivity contribution is -0.148. The minimum absolute atomic E-state index is 0.123. The van der Waals surface area contributed by atoms with Gasteiger partial charge in [-0.25, -0.2) is 4.68 Å². The lowest BCUT2D eigenvalue weighted by Crippen LogP contribution is -2.51. The minimum atomic E-state index is -4.26. The van der Waals surface area contributed by atoms with Gasteiger partial charge >= 0.3 is 6.18 Å². The summed E-state index contributed by atoms with van der Waals surface area (Å²) in [6, 6.07) is 0. The fourth-order valence-corrected chi connectivity index (χ4v) is 3.30. The van der Waals surface area contributed by atoms with Gasteiger partial charge in [-0.1, -0.05) is 0 Å². The molecule has 0 aromatic carbocycles. The average Bonchev–Trinajstić information content (AvgIpc) is 3.27. The summed E-state index contributed by atoms with van der Waals surface area (Å²) in [4.78, 5) is 34.5. The third-order valence-electron chi connectivity index (χ3n) is 4.81. The number of piperazine rings is 1. The van der Waals surface area contributed by atoms with Crippen molar-refractivity contribution in [1.29, 1.82) is 0 Å². The van der Waals surface area contributed by atoms with Crippen LogP contribution in [0.4, 0.5) is 13.2 Å². The molecule has 0 unspecified atom stereocenters. The fraction of sp³-hybridized carbons (Fsp3) is 0.438. The molecule has 0 radical (unpaired) electrons. The molecule has 0 bridgehead atoms. The molecule has 1 aliphatic heterocycles. The molecule has 1 aliphatic rings. The SMILES string of the molecule is Cc1c(C(=O)N2CCN(CC(F)(F)F)CC2)cnn1-c1nc2[nH]ncc2c(=O)[nH]1. The van der Waals surface area contributed by atoms with Gasteiger partial charge < -0.3 is 4.90 Å². The number of aromatic amines is 2. The van der Waals surface area contributed by atoms with Gasteiger partial charge in [0.2, 0.25) is 5.95 Å². The number of fused-ring (bicyclic) bond motifs is 1. The summed E-state index contributed by atoms with van der Waals surface area (Å²) in [5.74, 6) is -0.205. The van der Waals surface area contributed by atoms with E-state index in [1.807, 2.05) is 0 Å². The van der Waals surface area contributed by atoms with E-state index in [9.17, 15) is 22.8 Å². The Balaban J connectivity index is 1.52. The molecule has 0 aliphatic carbocycles. The molecule has 1 fully saturated rings. The highest BCUT2D eigenvalue weighted by molar-refractivity contribution is 5.95. The Morgan fingerprint density at radius 1 is 1.21 bits per heavy atom. The summed E-state index contributed by atoms with van der Waals surface area (Å²) in [6.07, 6.45) is -1.55. The van der Waals surface area contributed by atoms with Crippen molar-refractivity contribution in [1.82, 2.24) is 39.7 Å². The minimum Gasteiger partial charge on any atom is -0.336 e. The van der Waals surface area contributed by atoms with Crippen LogP contribution in [0, 0.1) is 6.92 Å². The largest absolute Gasteiger partial charge is 0.401 e. The second-order valence-corrected chi connectivity index (χ2v) is 6.76. The molecular formula is C16H17F3N8O2. The van der Waals surface area contributed by atoms with Crippen LogP contribution in [0.15, 0.2) is 17.2 Å². The number of nitrogens with one attached hydrogen (secondary N) is 2. The van der Waals surface area contributed by atoms with Crippen molar-refractivity contribution in [3.05, 3.63) is 34.0 Å². The van der Waals surface area contributed by atoms with E-state index in [0.717, 1.165) is 0 Å². The quantitative estimate of drug-likeness (QED) is 0.648. The van der Waals surface area contributed by atoms with Crippen LogP contribution in [-0.4, -0.2) is 84.6 Å². The van der Waals surface area contributed by atoms with Crippen molar-refractivity contribution in [2.45, 2.75) is 13.1 Å². The van der Waals surface area contributed by atoms with Gasteiger partial charge in [0.15, 0.2) is 5.65 Å². The summed E-state index contributed by atoms with van der Waals surface area (Å²) in [7, 11) is 0. The van der Waals surface area contributed by atoms with Crippen LogP contribution in [0.3, 0.4) is 0 Å². The number of rotatable bonds is 3. The molecule has 154 valence electrons. The summed E-state index contributed by atoms with van der Waals surface area (Å²) in [5.41, 5.74) is 0.631. The molecule has 0 saturated carbocycles. The number of carbonyl (C=O) groups excluding carboxylic acids is 1. The first-order valence-electron chi connectivity index (χ1n) is 8.80. The zero-order valence-corrected chi connectivity index (χ0v) is 15.3. The lowest BCUT2D eigenvalue weighted by Gasteiger charge is -2.34. The fourth-order valence-electron chi connectivity index (χ4n) is 3.30. The van der Waals surface area contributed by atoms with Crippen LogP contribution in [0.5, 0.6) is 0 Å². The monoisotopic (exact) mass is 410 g/mol. The maximum atomic E-state index is 12.8. The Hall–Kier alpha value is -3.22. The summed E-state index contributed by atoms with van der Waals surface area (Å²) in [6.45, 7) is 1.33. The van der Waals surface area contributed by atoms with E-state index in [1.165, 1.54) is 26.9 Å². The summed E-state index contributed by atoms with van der Waals surface area (Å²) >= 11 is 0. The second-order valence-electron chi connectivity index (χ2n) is 6.76. The molecule has 13 heteroatoms. The van der Waals surface area contributed by atoms with Gasteiger partial charge in [0, 0.05) is 26.2 Å². The molecule has 0 spiro atoms. The first-order chi connectivity index (χ1) is 13.7. The molecule has 3 aromatic rings. The zero-order valence-electron chi connectivity index (χ0n) is 15.3. The van der Waals surface area contributed by atoms with Gasteiger partial charge in [0.05, 0.1) is 30.2 Å². The van der Waals surface area contributed by atoms with Crippen LogP contribution in [-0.2, 0) is 0 Å². The van der Waals surface area contributed by atoms with Crippen LogP contribution in [0.2, 0.25) is 0 Å². The molecule has 1 saturated heterocycles. The highest BCUT2D eigenvalue weighted by Crippen LogP contribution is 2.19. The maximum Gasteiger partial charge on any atom is 0.401 e. The van der Waals surface area contributed by atoms with Gasteiger partial charge in [-0.3, -0.25) is 24.6 Å². The Kier molecular flexibility index (Phi) is 4.61. The standard InChI is InChI=1S/C16H17F3N8O2/c1-9-10(14(29)26-4-2-25(3-5-26)8-16(17,18)19)7-21-27(9)15-22-12-11(6-20-24-12)13(28)23-15/h6-7H,2-5,8H2,1H3,(H2,20,22,23,24,28). The van der Waals surface area contributed by atoms with Crippen molar-refractivity contribution >= 4 is 16.9 Å². The number of alkyl halides is 3. The van der Waals surface area contributed by atoms with E-state index in [2.05, 4.69) is 25.3 Å². The van der Waals surface area contributed by atoms with Crippen molar-refractivity contribution < 1.29 is 18.0 Å². The van der Waals surface area contributed by atoms with Crippen LogP contribution >= 0.6 is 0 Å². The molecule has 0 atom stereocenters. The molecule has 29 heavy (non-hydrogen) atoms. The van der Waals surface area contributed by atoms with E-state index in [-0.39, 0.29) is 43.7 Å². The maximum absolute atomic E-state index is 12.8. The number of nitrogens with zero attached hydrogens (tertiary/aromatic N) is 6. The topological polar surface area (TPSA) is 116 Å². The van der Waals surface area contributed by atoms with Crippen molar-refractivity contribution in [3.63, 3.8) is 0 Å². The number of halogens is 3. The Labute approximate surface area is 161 Å². The van der Waals surface area contributed by atoms with E-state index < -0.39 is 18.3 Å². The number of aromatic nitrogens is 6. The van der Waals surface area contributed by atoms with E-state index in [1.54, 1.807) is 6.92 Å². The normalized spacial score (nSPS) is 15.9. The third kappa shape index (κ3) is 3.72. The van der Waals surface area contributed by atoms with Crippen LogP contribution in [0.25, 0.3) is 17.0 Å². The van der Waals surface area contributed by atoms with E-state index in [4.69, 9.17) is 0 Å². The van der Waals surface area contributed by atoms with Crippen molar-refractivity contribution in [3.8, 4) is 5.95 Å². The summed E-state index contributed by atoms with van der Waals surface area (Å²) in [5, 5.41) is 10.8. The number of hydrogen-bond acceptors (Lipinski definition) is 6. The van der Waals surface area contributed by atoms with E-state index in [0.29, 0.717) is 16.6 Å². The predicted octanol–water partition coefficient (Wildman–Crippen LogP) is 0.460. The smallest absolute Gasteiger partial charge is 0.336 e. The number of hydrogen-bond donors (Lipinski definition) is 2. The van der Waals surface area contributed by atoms with Gasteiger partial charge in [-0.15, -0.1) is 0 Å². The Morgan fingerprint density at radius 3 is 2.62 bits per heavy atom. The highest BCUT2D eigenvalue weighted by atomic mass is 19.4. The third-order valence-corrected chi connectivity index (χ3v) is 4.81. The second kappa shape index (κ2) is 6.99. The molecule has 10 nitrogen and oxygen atoms in total. The zero-order chi connectivity index (χ0) is 20.8. The molecule has 4 rings (SSSR count). The molecule has 2 N–H and O–H groups in total. The van der Waals surface area contributed by atoms with Crippen molar-refractivity contribution in [2.75, 3.05) is 32.7 Å². The van der Waals surface area contributed by atoms with Gasteiger partial charge in [-0.05, 0) is 6.92 Å². The molecule has 3 aromatic heterocycles. The van der Waals surface area contributed by atoms with Gasteiger partial charge in [0.25, 0.3) is 11.5 Å². The van der Waals surface area contributed by atoms with Gasteiger partial charge in [0.1, 0.15) is 5.39 Å². The predicted molar refractivity (Wildman–Crippen MR) is 94.8 cm³/mol. The molecular weight excluding hydrogens is 393 g/mol. The Morgan fingerprint density at radius 2 is 1.93 bits per heavy atom. The van der Waals surface area contributed by atoms with Gasteiger partial charge in [-0.2, -0.15) is 28.4 Å². The van der Waals surface area contributed by atoms with Crippen molar-refractivity contribution in [2.24, 2.45) is 0 Å². The van der Waals surface area contributed by atoms with Crippen LogP contribution in [0.1, 0.15) is 16.1 Å². The number of H-pyrrole nitrogens is 2. The summed E-state index contributed by atoms with van der Waals surface area (Å²) < 4.78 is 38.9.